The number of nitrogens with zero attached hydrogens (tertiary/aromatic N) is 3. The van der Waals surface area contributed by atoms with E-state index in [0.29, 0.717) is 23.7 Å². The molecule has 0 spiro atoms. The minimum atomic E-state index is -0.137. The second-order valence-corrected chi connectivity index (χ2v) is 9.56. The molecule has 174 valence electrons. The second-order valence-electron chi connectivity index (χ2n) is 8.72. The molecule has 1 N–H and O–H groups in total. The number of carbonyl (C=O) groups is 1. The van der Waals surface area contributed by atoms with Crippen LogP contribution >= 0.6 is 23.2 Å². The van der Waals surface area contributed by atoms with E-state index in [-0.39, 0.29) is 11.9 Å². The van der Waals surface area contributed by atoms with Gasteiger partial charge < -0.3 is 5.32 Å². The molecule has 1 fully saturated rings. The molecule has 5 nitrogen and oxygen atoms in total. The largest absolute Gasteiger partial charge is 0.348 e. The van der Waals surface area contributed by atoms with E-state index in [1.54, 1.807) is 0 Å². The van der Waals surface area contributed by atoms with Crippen molar-refractivity contribution in [2.75, 3.05) is 13.1 Å². The molecule has 2 heterocycles. The topological polar surface area (TPSA) is 50.2 Å². The molecule has 5 rings (SSSR count). The molecule has 1 aliphatic heterocycles. The van der Waals surface area contributed by atoms with Crippen molar-refractivity contribution in [1.29, 1.82) is 0 Å². The molecule has 4 aromatic rings. The molecule has 1 aromatic heterocycles. The molecule has 0 aliphatic carbocycles. The smallest absolute Gasteiger partial charge is 0.251 e. The Morgan fingerprint density at radius 2 is 1.82 bits per heavy atom. The van der Waals surface area contributed by atoms with Crippen molar-refractivity contribution in [3.63, 3.8) is 0 Å². The normalized spacial score (nSPS) is 15.0. The first-order valence-corrected chi connectivity index (χ1v) is 12.3. The first-order valence-electron chi connectivity index (χ1n) is 11.6. The number of aromatic nitrogens is 2. The van der Waals surface area contributed by atoms with Crippen LogP contribution < -0.4 is 5.32 Å². The predicted molar refractivity (Wildman–Crippen MR) is 137 cm³/mol. The van der Waals surface area contributed by atoms with Crippen molar-refractivity contribution in [3.8, 4) is 0 Å². The summed E-state index contributed by atoms with van der Waals surface area (Å²) >= 11 is 12.6. The van der Waals surface area contributed by atoms with Crippen molar-refractivity contribution < 1.29 is 4.79 Å². The summed E-state index contributed by atoms with van der Waals surface area (Å²) in [6.07, 6.45) is 4.45. The van der Waals surface area contributed by atoms with Crippen LogP contribution in [-0.4, -0.2) is 33.7 Å². The average molecular weight is 493 g/mol. The van der Waals surface area contributed by atoms with E-state index in [4.69, 9.17) is 28.3 Å². The SMILES string of the molecule is O=C(NCc1cccc(Cl)c1)c1ccc2cn(CC(c3ccccc3Cl)N3CCCC3)nc2c1. The number of hydrogen-bond acceptors (Lipinski definition) is 3. The Hall–Kier alpha value is -2.86. The van der Waals surface area contributed by atoms with Crippen LogP contribution in [0, 0.1) is 0 Å². The van der Waals surface area contributed by atoms with Gasteiger partial charge >= 0.3 is 0 Å². The molecule has 1 unspecified atom stereocenters. The third-order valence-electron chi connectivity index (χ3n) is 6.36. The summed E-state index contributed by atoms with van der Waals surface area (Å²) in [5.74, 6) is -0.137. The van der Waals surface area contributed by atoms with Gasteiger partial charge in [-0.25, -0.2) is 0 Å². The van der Waals surface area contributed by atoms with Gasteiger partial charge in [-0.1, -0.05) is 59.6 Å². The van der Waals surface area contributed by atoms with Gasteiger partial charge in [-0.2, -0.15) is 5.10 Å². The fraction of sp³-hybridized carbons (Fsp3) is 0.259. The third kappa shape index (κ3) is 5.12. The van der Waals surface area contributed by atoms with Crippen LogP contribution in [0.4, 0.5) is 0 Å². The Balaban J connectivity index is 1.34. The fourth-order valence-electron chi connectivity index (χ4n) is 4.62. The monoisotopic (exact) mass is 492 g/mol. The highest BCUT2D eigenvalue weighted by Gasteiger charge is 2.26. The molecule has 3 aromatic carbocycles. The number of rotatable bonds is 7. The zero-order chi connectivity index (χ0) is 23.5. The average Bonchev–Trinajstić information content (AvgIpc) is 3.51. The van der Waals surface area contributed by atoms with E-state index in [1.807, 2.05) is 71.5 Å². The number of benzene rings is 3. The van der Waals surface area contributed by atoms with Crippen molar-refractivity contribution in [3.05, 3.63) is 99.7 Å². The zero-order valence-corrected chi connectivity index (χ0v) is 20.3. The first kappa shape index (κ1) is 22.9. The van der Waals surface area contributed by atoms with Crippen LogP contribution in [0.1, 0.15) is 40.4 Å². The van der Waals surface area contributed by atoms with Gasteiger partial charge in [0.1, 0.15) is 0 Å². The van der Waals surface area contributed by atoms with Crippen LogP contribution in [0.2, 0.25) is 10.0 Å². The molecular weight excluding hydrogens is 467 g/mol. The lowest BCUT2D eigenvalue weighted by atomic mass is 10.1. The van der Waals surface area contributed by atoms with Crippen LogP contribution in [-0.2, 0) is 13.1 Å². The highest BCUT2D eigenvalue weighted by Crippen LogP contribution is 2.31. The van der Waals surface area contributed by atoms with Gasteiger partial charge in [0.15, 0.2) is 0 Å². The molecule has 1 atom stereocenters. The summed E-state index contributed by atoms with van der Waals surface area (Å²) in [7, 11) is 0. The highest BCUT2D eigenvalue weighted by atomic mass is 35.5. The molecule has 0 radical (unpaired) electrons. The van der Waals surface area contributed by atoms with E-state index in [9.17, 15) is 4.79 Å². The van der Waals surface area contributed by atoms with E-state index < -0.39 is 0 Å². The zero-order valence-electron chi connectivity index (χ0n) is 18.8. The van der Waals surface area contributed by atoms with Crippen molar-refractivity contribution >= 4 is 40.0 Å². The Labute approximate surface area is 209 Å². The van der Waals surface area contributed by atoms with E-state index in [2.05, 4.69) is 16.3 Å². The molecular formula is C27H26Cl2N4O. The lowest BCUT2D eigenvalue weighted by molar-refractivity contribution is 0.0951. The van der Waals surface area contributed by atoms with Crippen LogP contribution in [0.25, 0.3) is 10.9 Å². The lowest BCUT2D eigenvalue weighted by Crippen LogP contribution is -2.29. The summed E-state index contributed by atoms with van der Waals surface area (Å²) in [6, 6.07) is 21.3. The Bertz CT molecular complexity index is 1310. The van der Waals surface area contributed by atoms with Crippen molar-refractivity contribution in [2.45, 2.75) is 32.0 Å². The molecule has 0 bridgehead atoms. The number of halogens is 2. The number of hydrogen-bond donors (Lipinski definition) is 1. The van der Waals surface area contributed by atoms with Crippen molar-refractivity contribution in [2.24, 2.45) is 0 Å². The molecule has 1 aliphatic rings. The molecule has 0 saturated carbocycles. The number of carbonyl (C=O) groups excluding carboxylic acids is 1. The number of nitrogens with one attached hydrogen (secondary N) is 1. The minimum absolute atomic E-state index is 0.137. The Morgan fingerprint density at radius 3 is 2.62 bits per heavy atom. The highest BCUT2D eigenvalue weighted by molar-refractivity contribution is 6.31. The minimum Gasteiger partial charge on any atom is -0.348 e. The second kappa shape index (κ2) is 10.2. The maximum atomic E-state index is 12.7. The summed E-state index contributed by atoms with van der Waals surface area (Å²) < 4.78 is 1.98. The van der Waals surface area contributed by atoms with Gasteiger partial charge in [0.05, 0.1) is 18.1 Å². The maximum absolute atomic E-state index is 12.7. The van der Waals surface area contributed by atoms with Crippen molar-refractivity contribution in [1.82, 2.24) is 20.0 Å². The standard InChI is InChI=1S/C27H26Cl2N4O/c28-22-7-5-6-19(14-22)16-30-27(34)20-10-11-21-17-33(31-25(21)15-20)18-26(32-12-3-4-13-32)23-8-1-2-9-24(23)29/h1-2,5-11,14-15,17,26H,3-4,12-13,16,18H2,(H,30,34). The quantitative estimate of drug-likeness (QED) is 0.338. The van der Waals surface area contributed by atoms with Gasteiger partial charge in [-0.15, -0.1) is 0 Å². The summed E-state index contributed by atoms with van der Waals surface area (Å²) in [4.78, 5) is 15.2. The third-order valence-corrected chi connectivity index (χ3v) is 6.94. The fourth-order valence-corrected chi connectivity index (χ4v) is 5.09. The van der Waals surface area contributed by atoms with Gasteiger partial charge in [-0.3, -0.25) is 14.4 Å². The first-order chi connectivity index (χ1) is 16.6. The van der Waals surface area contributed by atoms with Crippen LogP contribution in [0.15, 0.2) is 72.9 Å². The Morgan fingerprint density at radius 1 is 1.00 bits per heavy atom. The Kier molecular flexibility index (Phi) is 6.86. The van der Waals surface area contributed by atoms with Gasteiger partial charge in [0, 0.05) is 33.7 Å². The van der Waals surface area contributed by atoms with Gasteiger partial charge in [0.2, 0.25) is 0 Å². The van der Waals surface area contributed by atoms with Gasteiger partial charge in [-0.05, 0) is 67.4 Å². The van der Waals surface area contributed by atoms with Crippen LogP contribution in [0.5, 0.6) is 0 Å². The number of likely N-dealkylation sites (tertiary alicyclic amines) is 1. The lowest BCUT2D eigenvalue weighted by Gasteiger charge is -2.28. The van der Waals surface area contributed by atoms with E-state index in [0.717, 1.165) is 40.1 Å². The number of fused-ring (bicyclic) bond motifs is 1. The molecule has 1 saturated heterocycles. The summed E-state index contributed by atoms with van der Waals surface area (Å²) in [5.41, 5.74) is 3.47. The molecule has 7 heteroatoms. The maximum Gasteiger partial charge on any atom is 0.251 e. The summed E-state index contributed by atoms with van der Waals surface area (Å²) in [5, 5.41) is 10.2. The predicted octanol–water partition coefficient (Wildman–Crippen LogP) is 6.11. The number of amides is 1. The van der Waals surface area contributed by atoms with E-state index >= 15 is 0 Å². The van der Waals surface area contributed by atoms with Gasteiger partial charge in [0.25, 0.3) is 5.91 Å². The molecule has 34 heavy (non-hydrogen) atoms. The van der Waals surface area contributed by atoms with Crippen LogP contribution in [0.3, 0.4) is 0 Å². The summed E-state index contributed by atoms with van der Waals surface area (Å²) in [6.45, 7) is 3.25. The molecule has 1 amide bonds. The van der Waals surface area contributed by atoms with E-state index in [1.165, 1.54) is 12.8 Å².